The van der Waals surface area contributed by atoms with Gasteiger partial charge in [-0.15, -0.1) is 0 Å². The summed E-state index contributed by atoms with van der Waals surface area (Å²) in [6.45, 7) is 15.5. The van der Waals surface area contributed by atoms with Crippen LogP contribution in [0.4, 0.5) is 0 Å². The molecule has 2 aliphatic heterocycles. The van der Waals surface area contributed by atoms with Gasteiger partial charge in [0, 0.05) is 25.7 Å². The Bertz CT molecular complexity index is 341. The zero-order chi connectivity index (χ0) is 21.4. The van der Waals surface area contributed by atoms with E-state index in [2.05, 4.69) is 13.8 Å². The van der Waals surface area contributed by atoms with Gasteiger partial charge in [-0.3, -0.25) is 0 Å². The van der Waals surface area contributed by atoms with Gasteiger partial charge >= 0.3 is 0 Å². The quantitative estimate of drug-likeness (QED) is 0.179. The normalized spacial score (nSPS) is 21.4. The van der Waals surface area contributed by atoms with Crippen molar-refractivity contribution >= 4 is 0 Å². The topological polar surface area (TPSA) is 62.0 Å². The minimum Gasteiger partial charge on any atom is -0.376 e. The molecular formula is C23H46O6. The highest BCUT2D eigenvalue weighted by Gasteiger charge is 2.38. The van der Waals surface area contributed by atoms with Crippen LogP contribution in [0.15, 0.2) is 0 Å². The molecule has 0 saturated carbocycles. The van der Waals surface area contributed by atoms with Gasteiger partial charge in [-0.25, -0.2) is 0 Å². The number of epoxide rings is 2. The molecule has 0 aromatic heterocycles. The van der Waals surface area contributed by atoms with Crippen molar-refractivity contribution in [3.8, 4) is 0 Å². The van der Waals surface area contributed by atoms with Crippen LogP contribution in [0, 0.1) is 5.92 Å². The molecule has 174 valence electrons. The lowest BCUT2D eigenvalue weighted by atomic mass is 9.99. The first-order valence-corrected chi connectivity index (χ1v) is 11.8. The lowest BCUT2D eigenvalue weighted by Crippen LogP contribution is -2.45. The van der Waals surface area contributed by atoms with Gasteiger partial charge in [-0.05, 0) is 27.2 Å². The van der Waals surface area contributed by atoms with Crippen LogP contribution in [0.2, 0.25) is 0 Å². The molecule has 0 radical (unpaired) electrons. The van der Waals surface area contributed by atoms with Crippen LogP contribution in [-0.2, 0) is 28.4 Å². The average molecular weight is 419 g/mol. The number of unbranched alkanes of at least 4 members (excludes halogenated alkanes) is 5. The molecule has 3 atom stereocenters. The van der Waals surface area contributed by atoms with E-state index in [0.29, 0.717) is 32.0 Å². The van der Waals surface area contributed by atoms with Crippen molar-refractivity contribution in [3.63, 3.8) is 0 Å². The maximum Gasteiger partial charge on any atom is 0.285 e. The third-order valence-corrected chi connectivity index (χ3v) is 5.04. The molecule has 0 amide bonds. The fourth-order valence-corrected chi connectivity index (χ4v) is 3.22. The number of rotatable bonds is 18. The summed E-state index contributed by atoms with van der Waals surface area (Å²) in [7, 11) is 0. The Morgan fingerprint density at radius 1 is 0.759 bits per heavy atom. The molecule has 2 fully saturated rings. The standard InChI is InChI=1S/C17H36O3.C6H10O3/c1-6-10-11-12-13-14-15-16(5)17(18-7-2,19-8-3)20-9-4;1(5-3-8-5)7-2-6-4-9-6/h16H,6-15H2,1-5H3;5-6H,1-4H2. The Hall–Kier alpha value is -0.240. The van der Waals surface area contributed by atoms with Gasteiger partial charge in [0.1, 0.15) is 12.2 Å². The summed E-state index contributed by atoms with van der Waals surface area (Å²) >= 11 is 0. The molecule has 0 bridgehead atoms. The Balaban J connectivity index is 0.000000379. The zero-order valence-corrected chi connectivity index (χ0v) is 19.6. The molecule has 2 rings (SSSR count). The SMILES string of the molecule is C(OCC1CO1)C1CO1.CCCCCCCCC(C)C(OCC)(OCC)OCC. The van der Waals surface area contributed by atoms with Crippen molar-refractivity contribution in [1.29, 1.82) is 0 Å². The van der Waals surface area contributed by atoms with Crippen molar-refractivity contribution in [2.24, 2.45) is 5.92 Å². The van der Waals surface area contributed by atoms with Crippen molar-refractivity contribution < 1.29 is 28.4 Å². The maximum atomic E-state index is 5.82. The lowest BCUT2D eigenvalue weighted by molar-refractivity contribution is -0.400. The highest BCUT2D eigenvalue weighted by atomic mass is 16.9. The molecule has 0 aliphatic carbocycles. The van der Waals surface area contributed by atoms with Crippen LogP contribution in [0.1, 0.15) is 79.6 Å². The molecule has 6 heteroatoms. The Labute approximate surface area is 178 Å². The van der Waals surface area contributed by atoms with Gasteiger partial charge in [-0.2, -0.15) is 0 Å². The van der Waals surface area contributed by atoms with Gasteiger partial charge in [0.2, 0.25) is 0 Å². The van der Waals surface area contributed by atoms with E-state index in [4.69, 9.17) is 28.4 Å². The van der Waals surface area contributed by atoms with E-state index >= 15 is 0 Å². The van der Waals surface area contributed by atoms with Crippen LogP contribution in [0.25, 0.3) is 0 Å². The minimum absolute atomic E-state index is 0.258. The minimum atomic E-state index is -0.846. The number of hydrogen-bond acceptors (Lipinski definition) is 6. The summed E-state index contributed by atoms with van der Waals surface area (Å²) in [5.74, 6) is -0.588. The van der Waals surface area contributed by atoms with Crippen molar-refractivity contribution in [2.75, 3.05) is 46.2 Å². The van der Waals surface area contributed by atoms with E-state index in [0.717, 1.165) is 32.8 Å². The Morgan fingerprint density at radius 2 is 1.21 bits per heavy atom. The van der Waals surface area contributed by atoms with Gasteiger partial charge in [-0.1, -0.05) is 52.4 Å². The molecule has 3 unspecified atom stereocenters. The molecular weight excluding hydrogens is 372 g/mol. The summed E-state index contributed by atoms with van der Waals surface area (Å²) in [5, 5.41) is 0. The van der Waals surface area contributed by atoms with Gasteiger partial charge in [0.25, 0.3) is 5.97 Å². The Kier molecular flexibility index (Phi) is 15.2. The second-order valence-electron chi connectivity index (χ2n) is 7.81. The monoisotopic (exact) mass is 418 g/mol. The summed E-state index contributed by atoms with van der Waals surface area (Å²) in [6, 6.07) is 0. The highest BCUT2D eigenvalue weighted by molar-refractivity contribution is 4.71. The Morgan fingerprint density at radius 3 is 1.62 bits per heavy atom. The first-order valence-electron chi connectivity index (χ1n) is 11.8. The van der Waals surface area contributed by atoms with Crippen LogP contribution >= 0.6 is 0 Å². The summed E-state index contributed by atoms with van der Waals surface area (Å²) < 4.78 is 32.6. The molecule has 0 spiro atoms. The van der Waals surface area contributed by atoms with E-state index in [-0.39, 0.29) is 5.92 Å². The molecule has 29 heavy (non-hydrogen) atoms. The van der Waals surface area contributed by atoms with E-state index in [1.165, 1.54) is 38.5 Å². The molecule has 0 aromatic rings. The van der Waals surface area contributed by atoms with Gasteiger partial charge in [0.05, 0.1) is 26.4 Å². The lowest BCUT2D eigenvalue weighted by Gasteiger charge is -2.37. The van der Waals surface area contributed by atoms with Crippen LogP contribution in [0.3, 0.4) is 0 Å². The smallest absolute Gasteiger partial charge is 0.285 e. The van der Waals surface area contributed by atoms with Crippen LogP contribution in [0.5, 0.6) is 0 Å². The van der Waals surface area contributed by atoms with Crippen molar-refractivity contribution in [1.82, 2.24) is 0 Å². The average Bonchev–Trinajstić information content (AvgIpc) is 3.61. The predicted octanol–water partition coefficient (Wildman–Crippen LogP) is 4.94. The van der Waals surface area contributed by atoms with Gasteiger partial charge < -0.3 is 28.4 Å². The highest BCUT2D eigenvalue weighted by Crippen LogP contribution is 2.30. The second-order valence-corrected chi connectivity index (χ2v) is 7.81. The summed E-state index contributed by atoms with van der Waals surface area (Å²) in [4.78, 5) is 0. The molecule has 2 saturated heterocycles. The van der Waals surface area contributed by atoms with E-state index < -0.39 is 5.97 Å². The van der Waals surface area contributed by atoms with Crippen molar-refractivity contribution in [3.05, 3.63) is 0 Å². The maximum absolute atomic E-state index is 5.82. The van der Waals surface area contributed by atoms with E-state index in [1.54, 1.807) is 0 Å². The molecule has 0 N–H and O–H groups in total. The molecule has 0 aromatic carbocycles. The fourth-order valence-electron chi connectivity index (χ4n) is 3.22. The first-order chi connectivity index (χ1) is 14.1. The number of ether oxygens (including phenoxy) is 6. The van der Waals surface area contributed by atoms with Crippen molar-refractivity contribution in [2.45, 2.75) is 97.7 Å². The second kappa shape index (κ2) is 16.5. The van der Waals surface area contributed by atoms with Gasteiger partial charge in [0.15, 0.2) is 0 Å². The zero-order valence-electron chi connectivity index (χ0n) is 19.6. The summed E-state index contributed by atoms with van der Waals surface area (Å²) in [6.07, 6.45) is 9.75. The van der Waals surface area contributed by atoms with Crippen LogP contribution < -0.4 is 0 Å². The molecule has 6 nitrogen and oxygen atoms in total. The largest absolute Gasteiger partial charge is 0.376 e. The molecule has 2 heterocycles. The first kappa shape index (κ1) is 26.8. The third kappa shape index (κ3) is 12.9. The third-order valence-electron chi connectivity index (χ3n) is 5.04. The molecule has 2 aliphatic rings. The number of hydrogen-bond donors (Lipinski definition) is 0. The van der Waals surface area contributed by atoms with E-state index in [1.807, 2.05) is 20.8 Å². The van der Waals surface area contributed by atoms with Crippen LogP contribution in [-0.4, -0.2) is 64.4 Å². The fraction of sp³-hybridized carbons (Fsp3) is 1.00. The summed E-state index contributed by atoms with van der Waals surface area (Å²) in [5.41, 5.74) is 0. The predicted molar refractivity (Wildman–Crippen MR) is 115 cm³/mol. The van der Waals surface area contributed by atoms with E-state index in [9.17, 15) is 0 Å².